The van der Waals surface area contributed by atoms with Crippen LogP contribution in [0.5, 0.6) is 0 Å². The Hall–Kier alpha value is -6.38. The molecule has 7 aromatic rings. The molecular weight excluding hydrogens is 605 g/mol. The molecule has 0 amide bonds. The summed E-state index contributed by atoms with van der Waals surface area (Å²) in [6, 6.07) is 56.4. The van der Waals surface area contributed by atoms with Gasteiger partial charge in [0.1, 0.15) is 0 Å². The Morgan fingerprint density at radius 1 is 0.560 bits per heavy atom. The van der Waals surface area contributed by atoms with E-state index < -0.39 is 5.54 Å². The minimum atomic E-state index is -0.414. The summed E-state index contributed by atoms with van der Waals surface area (Å²) in [5.74, 6) is 0. The Bertz CT molecular complexity index is 2390. The minimum Gasteiger partial charge on any atom is -0.372 e. The Labute approximate surface area is 294 Å². The molecule has 2 heteroatoms. The van der Waals surface area contributed by atoms with Gasteiger partial charge in [-0.1, -0.05) is 159 Å². The van der Waals surface area contributed by atoms with E-state index in [-0.39, 0.29) is 0 Å². The summed E-state index contributed by atoms with van der Waals surface area (Å²) in [6.07, 6.45) is 11.6. The predicted molar refractivity (Wildman–Crippen MR) is 216 cm³/mol. The molecule has 240 valence electrons. The number of hydrogen-bond donors (Lipinski definition) is 1. The number of nitrogens with one attached hydrogen (secondary N) is 1. The molecule has 2 nitrogen and oxygen atoms in total. The van der Waals surface area contributed by atoms with Crippen molar-refractivity contribution in [2.45, 2.75) is 12.0 Å². The van der Waals surface area contributed by atoms with Crippen LogP contribution >= 0.6 is 0 Å². The van der Waals surface area contributed by atoms with Crippen molar-refractivity contribution in [1.82, 2.24) is 0 Å². The third kappa shape index (κ3) is 5.82. The van der Waals surface area contributed by atoms with Crippen molar-refractivity contribution in [2.75, 3.05) is 10.2 Å². The second kappa shape index (κ2) is 13.3. The van der Waals surface area contributed by atoms with Gasteiger partial charge in [-0.05, 0) is 92.9 Å². The molecular formula is C48H38N2. The van der Waals surface area contributed by atoms with Gasteiger partial charge in [0.15, 0.2) is 0 Å². The van der Waals surface area contributed by atoms with E-state index in [1.807, 2.05) is 12.2 Å². The van der Waals surface area contributed by atoms with E-state index in [0.29, 0.717) is 0 Å². The Morgan fingerprint density at radius 3 is 1.76 bits per heavy atom. The molecule has 0 aliphatic heterocycles. The Morgan fingerprint density at radius 2 is 1.12 bits per heavy atom. The summed E-state index contributed by atoms with van der Waals surface area (Å²) >= 11 is 0. The number of allylic oxidation sites excluding steroid dienone is 2. The molecule has 50 heavy (non-hydrogen) atoms. The molecule has 0 bridgehead atoms. The first-order valence-electron chi connectivity index (χ1n) is 17.1. The molecule has 0 aromatic heterocycles. The minimum absolute atomic E-state index is 0.414. The summed E-state index contributed by atoms with van der Waals surface area (Å²) in [4.78, 5) is 2.34. The van der Waals surface area contributed by atoms with Crippen LogP contribution < -0.4 is 10.2 Å². The van der Waals surface area contributed by atoms with Gasteiger partial charge in [-0.2, -0.15) is 0 Å². The van der Waals surface area contributed by atoms with Gasteiger partial charge in [0.05, 0.1) is 11.2 Å². The topological polar surface area (TPSA) is 15.3 Å². The number of fused-ring (bicyclic) bond motifs is 2. The molecule has 0 spiro atoms. The molecule has 1 aliphatic carbocycles. The molecule has 0 heterocycles. The SMILES string of the molecule is C=Cc1ccc(NC2(c3cccc4ccccc34)C=CC(c3ccc(N(c4ccc(C=C)cc4)c4cccc5ccccc45)cc3)=CC2)cc1. The fourth-order valence-corrected chi connectivity index (χ4v) is 7.18. The molecule has 1 aliphatic rings. The van der Waals surface area contributed by atoms with E-state index in [2.05, 4.69) is 199 Å². The van der Waals surface area contributed by atoms with Crippen molar-refractivity contribution < 1.29 is 0 Å². The van der Waals surface area contributed by atoms with Crippen molar-refractivity contribution in [3.05, 3.63) is 211 Å². The quantitative estimate of drug-likeness (QED) is 0.169. The zero-order valence-electron chi connectivity index (χ0n) is 28.0. The van der Waals surface area contributed by atoms with Crippen molar-refractivity contribution in [3.8, 4) is 0 Å². The van der Waals surface area contributed by atoms with Crippen LogP contribution in [0.25, 0.3) is 39.3 Å². The first-order chi connectivity index (χ1) is 24.6. The highest BCUT2D eigenvalue weighted by Gasteiger charge is 2.32. The van der Waals surface area contributed by atoms with Crippen LogP contribution in [0.1, 0.15) is 28.7 Å². The lowest BCUT2D eigenvalue weighted by Gasteiger charge is -2.36. The van der Waals surface area contributed by atoms with E-state index >= 15 is 0 Å². The fourth-order valence-electron chi connectivity index (χ4n) is 7.18. The molecule has 0 saturated heterocycles. The lowest BCUT2D eigenvalue weighted by Crippen LogP contribution is -2.34. The molecule has 8 rings (SSSR count). The van der Waals surface area contributed by atoms with Crippen molar-refractivity contribution in [3.63, 3.8) is 0 Å². The van der Waals surface area contributed by atoms with Crippen molar-refractivity contribution in [1.29, 1.82) is 0 Å². The molecule has 0 saturated carbocycles. The molecule has 1 atom stereocenters. The number of rotatable bonds is 9. The summed E-state index contributed by atoms with van der Waals surface area (Å²) in [6.45, 7) is 7.88. The van der Waals surface area contributed by atoms with Crippen LogP contribution in [0.15, 0.2) is 189 Å². The maximum absolute atomic E-state index is 3.95. The highest BCUT2D eigenvalue weighted by molar-refractivity contribution is 5.99. The maximum Gasteiger partial charge on any atom is 0.0853 e. The van der Waals surface area contributed by atoms with Gasteiger partial charge in [0.2, 0.25) is 0 Å². The second-order valence-corrected chi connectivity index (χ2v) is 12.8. The third-order valence-corrected chi connectivity index (χ3v) is 9.83. The lowest BCUT2D eigenvalue weighted by molar-refractivity contribution is 0.625. The molecule has 1 unspecified atom stereocenters. The smallest absolute Gasteiger partial charge is 0.0853 e. The molecule has 0 fully saturated rings. The lowest BCUT2D eigenvalue weighted by atomic mass is 9.79. The fraction of sp³-hybridized carbons (Fsp3) is 0.0417. The van der Waals surface area contributed by atoms with Crippen LogP contribution in [0, 0.1) is 0 Å². The van der Waals surface area contributed by atoms with Gasteiger partial charge in [-0.25, -0.2) is 0 Å². The summed E-state index contributed by atoms with van der Waals surface area (Å²) in [5, 5.41) is 8.85. The summed E-state index contributed by atoms with van der Waals surface area (Å²) in [7, 11) is 0. The van der Waals surface area contributed by atoms with Crippen LogP contribution in [-0.4, -0.2) is 0 Å². The van der Waals surface area contributed by atoms with E-state index in [0.717, 1.165) is 40.3 Å². The van der Waals surface area contributed by atoms with Crippen LogP contribution in [0.3, 0.4) is 0 Å². The van der Waals surface area contributed by atoms with Gasteiger partial charge in [-0.3, -0.25) is 0 Å². The van der Waals surface area contributed by atoms with Crippen LogP contribution in [0.4, 0.5) is 22.7 Å². The average Bonchev–Trinajstić information content (AvgIpc) is 3.19. The Kier molecular flexibility index (Phi) is 8.20. The largest absolute Gasteiger partial charge is 0.372 e. The van der Waals surface area contributed by atoms with Gasteiger partial charge in [0.25, 0.3) is 0 Å². The predicted octanol–water partition coefficient (Wildman–Crippen LogP) is 13.1. The van der Waals surface area contributed by atoms with Crippen molar-refractivity contribution >= 4 is 62.0 Å². The summed E-state index contributed by atoms with van der Waals surface area (Å²) < 4.78 is 0. The molecule has 7 aromatic carbocycles. The highest BCUT2D eigenvalue weighted by atomic mass is 15.1. The van der Waals surface area contributed by atoms with E-state index in [1.54, 1.807) is 0 Å². The summed E-state index contributed by atoms with van der Waals surface area (Å²) in [5.41, 5.74) is 9.87. The van der Waals surface area contributed by atoms with Gasteiger partial charge in [-0.15, -0.1) is 0 Å². The monoisotopic (exact) mass is 642 g/mol. The van der Waals surface area contributed by atoms with E-state index in [1.165, 1.54) is 38.2 Å². The number of hydrogen-bond acceptors (Lipinski definition) is 2. The maximum atomic E-state index is 3.95. The average molecular weight is 643 g/mol. The molecule has 1 N–H and O–H groups in total. The van der Waals surface area contributed by atoms with Gasteiger partial charge in [0, 0.05) is 22.4 Å². The van der Waals surface area contributed by atoms with E-state index in [4.69, 9.17) is 0 Å². The number of anilines is 4. The number of benzene rings is 7. The van der Waals surface area contributed by atoms with Crippen LogP contribution in [-0.2, 0) is 5.54 Å². The zero-order chi connectivity index (χ0) is 33.9. The molecule has 0 radical (unpaired) electrons. The van der Waals surface area contributed by atoms with E-state index in [9.17, 15) is 0 Å². The van der Waals surface area contributed by atoms with Crippen molar-refractivity contribution in [2.24, 2.45) is 0 Å². The normalized spacial score (nSPS) is 15.4. The first kappa shape index (κ1) is 30.9. The van der Waals surface area contributed by atoms with Gasteiger partial charge < -0.3 is 10.2 Å². The van der Waals surface area contributed by atoms with Crippen LogP contribution in [0.2, 0.25) is 0 Å². The number of nitrogens with zero attached hydrogens (tertiary/aromatic N) is 1. The first-order valence-corrected chi connectivity index (χ1v) is 17.1. The highest BCUT2D eigenvalue weighted by Crippen LogP contribution is 2.42. The second-order valence-electron chi connectivity index (χ2n) is 12.8. The third-order valence-electron chi connectivity index (χ3n) is 9.83. The standard InChI is InChI=1S/C48H38N2/c1-3-35-19-25-41(26-20-35)49-48(46-17-9-13-39-11-5-7-15-44(39)46)33-31-38(32-34-48)37-23-29-43(30-24-37)50(42-27-21-36(4-2)22-28-42)47-18-10-14-40-12-6-8-16-45(40)47/h3-33,49H,1-2,34H2. The van der Waals surface area contributed by atoms with Gasteiger partial charge >= 0.3 is 0 Å². The Balaban J connectivity index is 1.15. The zero-order valence-corrected chi connectivity index (χ0v) is 28.0.